The van der Waals surface area contributed by atoms with Crippen molar-refractivity contribution in [3.05, 3.63) is 53.2 Å². The minimum absolute atomic E-state index is 0.0597. The second-order valence-electron chi connectivity index (χ2n) is 5.75. The van der Waals surface area contributed by atoms with Crippen LogP contribution in [-0.4, -0.2) is 29.9 Å². The lowest BCUT2D eigenvalue weighted by Gasteiger charge is -2.10. The Morgan fingerprint density at radius 2 is 1.92 bits per heavy atom. The van der Waals surface area contributed by atoms with Crippen molar-refractivity contribution >= 4 is 28.4 Å². The zero-order chi connectivity index (χ0) is 18.5. The molecule has 0 radical (unpaired) electrons. The quantitative estimate of drug-likeness (QED) is 0.689. The average Bonchev–Trinajstić information content (AvgIpc) is 3.00. The van der Waals surface area contributed by atoms with Crippen LogP contribution < -0.4 is 14.8 Å². The molecule has 1 N–H and O–H groups in total. The van der Waals surface area contributed by atoms with Gasteiger partial charge in [0.2, 0.25) is 5.91 Å². The van der Waals surface area contributed by atoms with Crippen LogP contribution in [0.25, 0.3) is 10.9 Å². The minimum Gasteiger partial charge on any atom is -0.493 e. The molecule has 1 aromatic heterocycles. The van der Waals surface area contributed by atoms with Crippen LogP contribution >= 0.6 is 11.6 Å². The highest BCUT2D eigenvalue weighted by Crippen LogP contribution is 2.27. The standard InChI is InChI=1S/C19H20ClN3O3/c1-25-16-8-7-13(11-17(16)26-2)12-21-18(24)9-10-23-15-6-4-3-5-14(15)19(20)22-23/h3-8,11H,9-10,12H2,1-2H3,(H,21,24). The number of para-hydroxylation sites is 1. The number of hydrogen-bond acceptors (Lipinski definition) is 4. The summed E-state index contributed by atoms with van der Waals surface area (Å²) >= 11 is 6.13. The lowest BCUT2D eigenvalue weighted by atomic mass is 10.2. The number of nitrogens with zero attached hydrogens (tertiary/aromatic N) is 2. The first-order valence-corrected chi connectivity index (χ1v) is 8.59. The van der Waals surface area contributed by atoms with Gasteiger partial charge in [-0.15, -0.1) is 0 Å². The highest BCUT2D eigenvalue weighted by Gasteiger charge is 2.10. The van der Waals surface area contributed by atoms with E-state index in [4.69, 9.17) is 21.1 Å². The van der Waals surface area contributed by atoms with Crippen molar-refractivity contribution < 1.29 is 14.3 Å². The number of nitrogens with one attached hydrogen (secondary N) is 1. The van der Waals surface area contributed by atoms with Crippen LogP contribution in [0.1, 0.15) is 12.0 Å². The summed E-state index contributed by atoms with van der Waals surface area (Å²) in [5.74, 6) is 1.23. The molecule has 3 rings (SSSR count). The van der Waals surface area contributed by atoms with Crippen molar-refractivity contribution in [3.8, 4) is 11.5 Å². The highest BCUT2D eigenvalue weighted by atomic mass is 35.5. The first-order chi connectivity index (χ1) is 12.6. The Morgan fingerprint density at radius 1 is 1.15 bits per heavy atom. The number of fused-ring (bicyclic) bond motifs is 1. The van der Waals surface area contributed by atoms with Gasteiger partial charge in [-0.2, -0.15) is 5.10 Å². The van der Waals surface area contributed by atoms with Crippen molar-refractivity contribution in [2.45, 2.75) is 19.5 Å². The van der Waals surface area contributed by atoms with E-state index in [9.17, 15) is 4.79 Å². The van der Waals surface area contributed by atoms with Gasteiger partial charge in [0, 0.05) is 18.4 Å². The maximum atomic E-state index is 12.2. The van der Waals surface area contributed by atoms with Crippen LogP contribution in [0.5, 0.6) is 11.5 Å². The third-order valence-electron chi connectivity index (χ3n) is 4.10. The molecular formula is C19H20ClN3O3. The summed E-state index contributed by atoms with van der Waals surface area (Å²) in [6.07, 6.45) is 0.315. The van der Waals surface area contributed by atoms with E-state index in [0.717, 1.165) is 16.5 Å². The van der Waals surface area contributed by atoms with E-state index in [0.29, 0.717) is 36.2 Å². The molecule has 2 aromatic carbocycles. The van der Waals surface area contributed by atoms with Crippen LogP contribution in [0.15, 0.2) is 42.5 Å². The van der Waals surface area contributed by atoms with Gasteiger partial charge in [0.1, 0.15) is 0 Å². The molecule has 0 saturated heterocycles. The number of rotatable bonds is 7. The Morgan fingerprint density at radius 3 is 2.69 bits per heavy atom. The summed E-state index contributed by atoms with van der Waals surface area (Å²) < 4.78 is 12.2. The molecule has 1 amide bonds. The summed E-state index contributed by atoms with van der Waals surface area (Å²) in [5.41, 5.74) is 1.86. The fraction of sp³-hybridized carbons (Fsp3) is 0.263. The van der Waals surface area contributed by atoms with Gasteiger partial charge in [0.25, 0.3) is 0 Å². The van der Waals surface area contributed by atoms with E-state index >= 15 is 0 Å². The predicted octanol–water partition coefficient (Wildman–Crippen LogP) is 3.41. The molecule has 0 saturated carbocycles. The van der Waals surface area contributed by atoms with Gasteiger partial charge < -0.3 is 14.8 Å². The molecule has 136 valence electrons. The maximum absolute atomic E-state index is 12.2. The van der Waals surface area contributed by atoms with Gasteiger partial charge in [-0.25, -0.2) is 0 Å². The normalized spacial score (nSPS) is 10.7. The Kier molecular flexibility index (Phi) is 5.63. The lowest BCUT2D eigenvalue weighted by Crippen LogP contribution is -2.24. The fourth-order valence-electron chi connectivity index (χ4n) is 2.74. The van der Waals surface area contributed by atoms with Crippen molar-refractivity contribution in [1.82, 2.24) is 15.1 Å². The molecule has 3 aromatic rings. The summed E-state index contributed by atoms with van der Waals surface area (Å²) in [5, 5.41) is 8.54. The molecule has 0 unspecified atom stereocenters. The number of amides is 1. The Bertz CT molecular complexity index is 924. The van der Waals surface area contributed by atoms with E-state index in [-0.39, 0.29) is 5.91 Å². The molecule has 0 bridgehead atoms. The lowest BCUT2D eigenvalue weighted by molar-refractivity contribution is -0.121. The van der Waals surface area contributed by atoms with Crippen molar-refractivity contribution in [1.29, 1.82) is 0 Å². The summed E-state index contributed by atoms with van der Waals surface area (Å²) in [6, 6.07) is 13.2. The summed E-state index contributed by atoms with van der Waals surface area (Å²) in [7, 11) is 3.17. The topological polar surface area (TPSA) is 65.4 Å². The molecular weight excluding hydrogens is 354 g/mol. The van der Waals surface area contributed by atoms with Crippen LogP contribution in [0.2, 0.25) is 5.15 Å². The number of methoxy groups -OCH3 is 2. The Hall–Kier alpha value is -2.73. The van der Waals surface area contributed by atoms with Gasteiger partial charge in [-0.1, -0.05) is 29.8 Å². The second kappa shape index (κ2) is 8.10. The highest BCUT2D eigenvalue weighted by molar-refractivity contribution is 6.34. The maximum Gasteiger partial charge on any atom is 0.222 e. The smallest absolute Gasteiger partial charge is 0.222 e. The molecule has 7 heteroatoms. The Labute approximate surface area is 156 Å². The van der Waals surface area contributed by atoms with Crippen molar-refractivity contribution in [3.63, 3.8) is 0 Å². The third-order valence-corrected chi connectivity index (χ3v) is 4.38. The van der Waals surface area contributed by atoms with Gasteiger partial charge >= 0.3 is 0 Å². The SMILES string of the molecule is COc1ccc(CNC(=O)CCn2nc(Cl)c3ccccc32)cc1OC. The summed E-state index contributed by atoms with van der Waals surface area (Å²) in [6.45, 7) is 0.880. The van der Waals surface area contributed by atoms with E-state index in [1.165, 1.54) is 0 Å². The van der Waals surface area contributed by atoms with E-state index in [2.05, 4.69) is 10.4 Å². The molecule has 0 atom stereocenters. The van der Waals surface area contributed by atoms with Gasteiger partial charge in [-0.05, 0) is 29.8 Å². The number of carbonyl (C=O) groups excluding carboxylic acids is 1. The molecule has 0 aliphatic rings. The molecule has 0 fully saturated rings. The Balaban J connectivity index is 1.57. The van der Waals surface area contributed by atoms with Crippen LogP contribution in [0, 0.1) is 0 Å². The number of halogens is 1. The average molecular weight is 374 g/mol. The first kappa shape index (κ1) is 18.1. The predicted molar refractivity (Wildman–Crippen MR) is 101 cm³/mol. The van der Waals surface area contributed by atoms with Crippen molar-refractivity contribution in [2.75, 3.05) is 14.2 Å². The van der Waals surface area contributed by atoms with Gasteiger partial charge in [0.15, 0.2) is 16.7 Å². The number of ether oxygens (including phenoxy) is 2. The number of aromatic nitrogens is 2. The number of carbonyl (C=O) groups is 1. The molecule has 0 spiro atoms. The monoisotopic (exact) mass is 373 g/mol. The number of aryl methyl sites for hydroxylation is 1. The van der Waals surface area contributed by atoms with Gasteiger partial charge in [0.05, 0.1) is 26.3 Å². The fourth-order valence-corrected chi connectivity index (χ4v) is 3.00. The molecule has 6 nitrogen and oxygen atoms in total. The third kappa shape index (κ3) is 3.91. The zero-order valence-corrected chi connectivity index (χ0v) is 15.4. The molecule has 26 heavy (non-hydrogen) atoms. The van der Waals surface area contributed by atoms with Crippen LogP contribution in [-0.2, 0) is 17.9 Å². The number of benzene rings is 2. The minimum atomic E-state index is -0.0597. The molecule has 1 heterocycles. The zero-order valence-electron chi connectivity index (χ0n) is 14.7. The van der Waals surface area contributed by atoms with Crippen LogP contribution in [0.3, 0.4) is 0 Å². The van der Waals surface area contributed by atoms with Crippen molar-refractivity contribution in [2.24, 2.45) is 0 Å². The number of hydrogen-bond donors (Lipinski definition) is 1. The van der Waals surface area contributed by atoms with E-state index in [1.807, 2.05) is 42.5 Å². The molecule has 0 aliphatic carbocycles. The first-order valence-electron chi connectivity index (χ1n) is 8.21. The van der Waals surface area contributed by atoms with E-state index < -0.39 is 0 Å². The second-order valence-corrected chi connectivity index (χ2v) is 6.11. The summed E-state index contributed by atoms with van der Waals surface area (Å²) in [4.78, 5) is 12.2. The van der Waals surface area contributed by atoms with Crippen LogP contribution in [0.4, 0.5) is 0 Å². The van der Waals surface area contributed by atoms with Gasteiger partial charge in [-0.3, -0.25) is 9.48 Å². The molecule has 0 aliphatic heterocycles. The largest absolute Gasteiger partial charge is 0.493 e. The van der Waals surface area contributed by atoms with E-state index in [1.54, 1.807) is 18.9 Å².